The Balaban J connectivity index is 1.00. The maximum Gasteiger partial charge on any atom is 0.325 e. The van der Waals surface area contributed by atoms with E-state index in [2.05, 4.69) is 53.2 Å². The van der Waals surface area contributed by atoms with E-state index in [1.807, 2.05) is 13.8 Å². The SMILES string of the molecule is CN[C@H](CC(C)C)C(=O)N[C@H]1C(=O)N[C@@H](CC(=O)NC(=O)Nc2ccc(OC)cc2)C(=O)N[C@H]2C(=O)N[C@H]3C(=O)N[C@H](C(=O)N[C@H](C(=O)NC4C5CC6CC(C5)CC4C6)c4cc(O)cc(O)c4-c4cc3ccc4O)[C@H](O)c3ccc(c(Cl)c3)Oc3cc2cc(c3O)Oc2ccc(cc2Cl)[C@H]1O. The van der Waals surface area contributed by atoms with Crippen molar-refractivity contribution >= 4 is 82.2 Å². The van der Waals surface area contributed by atoms with Gasteiger partial charge in [-0.1, -0.05) is 55.2 Å². The molecular weight excluding hydrogens is 1350 g/mol. The predicted molar refractivity (Wildman–Crippen MR) is 362 cm³/mol. The van der Waals surface area contributed by atoms with Crippen LogP contribution < -0.4 is 67.4 Å². The van der Waals surface area contributed by atoms with E-state index < -0.39 is 149 Å². The number of ether oxygens (including phenoxy) is 3. The van der Waals surface area contributed by atoms with Crippen LogP contribution in [0, 0.1) is 29.6 Å². The topological polar surface area (TPSA) is 423 Å². The van der Waals surface area contributed by atoms with Gasteiger partial charge >= 0.3 is 6.03 Å². The van der Waals surface area contributed by atoms with Gasteiger partial charge in [0.05, 0.1) is 29.6 Å². The van der Waals surface area contributed by atoms with Crippen LogP contribution in [0.5, 0.6) is 51.7 Å². The zero-order chi connectivity index (χ0) is 72.0. The van der Waals surface area contributed by atoms with Crippen LogP contribution in [-0.2, 0) is 38.4 Å². The summed E-state index contributed by atoms with van der Waals surface area (Å²) in [7, 11) is 2.92. The number of phenolic OH excluding ortho intramolecular Hbond substituents is 4. The number of likely N-dealkylation sites (N-methyl/N-ethyl adjacent to an activating group) is 1. The highest BCUT2D eigenvalue weighted by molar-refractivity contribution is 6.32. The van der Waals surface area contributed by atoms with Crippen LogP contribution in [0.15, 0.2) is 103 Å². The monoisotopic (exact) mass is 1420 g/mol. The van der Waals surface area contributed by atoms with Crippen molar-refractivity contribution in [1.82, 2.24) is 47.9 Å². The number of imide groups is 1. The van der Waals surface area contributed by atoms with Gasteiger partial charge in [-0.15, -0.1) is 0 Å². The molecule has 28 nitrogen and oxygen atoms in total. The molecule has 4 fully saturated rings. The van der Waals surface area contributed by atoms with Crippen molar-refractivity contribution in [3.63, 3.8) is 0 Å². The maximum absolute atomic E-state index is 15.9. The Morgan fingerprint density at radius 3 is 1.81 bits per heavy atom. The van der Waals surface area contributed by atoms with Gasteiger partial charge in [-0.25, -0.2) is 4.79 Å². The standard InChI is InChI=1S/C71H74Cl2N10O18/c1-29(2)15-45(74-3)64(91)82-59-61(88)33-6-13-49(43(72)22-33)100-51-24-37-25-52(63(51)90)101-50-14-7-34(23-44(50)73)62(89)60-70(97)81-58(68(95)78-55-35-17-30-16-31(19-35)20-36(55)18-30)42-26-39(84)27-48(86)54(42)41-21-32(5-12-47(41)85)56(66(93)83-60)80-67(94)57(37)79-65(92)46(76-69(59)96)28-53(87)77-71(98)75-38-8-10-40(99-4)11-9-38/h5-14,21-27,29-31,35-36,45-46,55-62,74,84-86,88-90H,15-20,28H2,1-4H3,(H,76,96)(H,78,95)(H,79,92)(H,80,94)(H,81,97)(H,82,91)(H,83,93)(H2,75,77,87,98)/t30?,31?,35?,36?,45-,46+,55?,56-,57-,58+,59-,60+,61-,62-/m1/s1. The number of aliphatic hydroxyl groups is 2. The summed E-state index contributed by atoms with van der Waals surface area (Å²) in [5, 5.41) is 97.4. The lowest BCUT2D eigenvalue weighted by molar-refractivity contribution is -0.138. The van der Waals surface area contributed by atoms with Gasteiger partial charge in [0, 0.05) is 28.9 Å². The van der Waals surface area contributed by atoms with Crippen LogP contribution >= 0.6 is 23.2 Å². The first-order chi connectivity index (χ1) is 48.2. The lowest BCUT2D eigenvalue weighted by Crippen LogP contribution is -2.59. The van der Waals surface area contributed by atoms with E-state index in [9.17, 15) is 45.0 Å². The van der Waals surface area contributed by atoms with Crippen LogP contribution in [0.3, 0.4) is 0 Å². The van der Waals surface area contributed by atoms with Gasteiger partial charge in [-0.3, -0.25) is 43.7 Å². The number of urea groups is 1. The minimum atomic E-state index is -2.24. The first-order valence-electron chi connectivity index (χ1n) is 32.8. The number of rotatable bonds is 11. The second kappa shape index (κ2) is 29.1. The molecule has 5 heterocycles. The summed E-state index contributed by atoms with van der Waals surface area (Å²) in [6.45, 7) is 3.68. The third-order valence-electron chi connectivity index (χ3n) is 19.5. The molecule has 101 heavy (non-hydrogen) atoms. The molecule has 5 aliphatic heterocycles. The molecule has 16 N–H and O–H groups in total. The zero-order valence-electron chi connectivity index (χ0n) is 54.8. The number of methoxy groups -OCH3 is 1. The summed E-state index contributed by atoms with van der Waals surface area (Å²) in [6.07, 6.45) is -0.424. The number of carbonyl (C=O) groups is 9. The van der Waals surface area contributed by atoms with Crippen molar-refractivity contribution in [2.45, 2.75) is 119 Å². The molecular formula is C71H74Cl2N10O18. The van der Waals surface area contributed by atoms with Crippen molar-refractivity contribution < 1.29 is 88.0 Å². The summed E-state index contributed by atoms with van der Waals surface area (Å²) >= 11 is 13.9. The molecule has 4 saturated carbocycles. The number of phenols is 4. The third kappa shape index (κ3) is 14.9. The molecule has 10 amide bonds. The number of benzene rings is 6. The van der Waals surface area contributed by atoms with E-state index in [0.717, 1.165) is 62.4 Å². The fourth-order valence-corrected chi connectivity index (χ4v) is 15.2. The number of carbonyl (C=O) groups excluding carboxylic acids is 9. The zero-order valence-corrected chi connectivity index (χ0v) is 56.3. The molecule has 0 unspecified atom stereocenters. The Labute approximate surface area is 587 Å². The Kier molecular flexibility index (Phi) is 20.3. The fraction of sp³-hybridized carbons (Fsp3) is 0.366. The van der Waals surface area contributed by atoms with Gasteiger partial charge in [-0.05, 0) is 182 Å². The van der Waals surface area contributed by atoms with Gasteiger partial charge < -0.3 is 92.7 Å². The second-order valence-corrected chi connectivity index (χ2v) is 27.6. The number of amides is 10. The Morgan fingerprint density at radius 2 is 1.21 bits per heavy atom. The number of anilines is 1. The number of nitrogens with one attached hydrogen (secondary N) is 10. The average Bonchev–Trinajstić information content (AvgIpc) is 0.761. The Bertz CT molecular complexity index is 4300. The number of fused-ring (bicyclic) bond motifs is 15. The van der Waals surface area contributed by atoms with Crippen LogP contribution in [0.2, 0.25) is 10.0 Å². The van der Waals surface area contributed by atoms with Gasteiger partial charge in [0.1, 0.15) is 83.0 Å². The van der Waals surface area contributed by atoms with E-state index in [4.69, 9.17) is 37.4 Å². The second-order valence-electron chi connectivity index (χ2n) is 26.8. The van der Waals surface area contributed by atoms with E-state index in [1.54, 1.807) is 0 Å². The van der Waals surface area contributed by atoms with Crippen molar-refractivity contribution in [1.29, 1.82) is 0 Å². The van der Waals surface area contributed by atoms with E-state index in [0.29, 0.717) is 17.6 Å². The smallest absolute Gasteiger partial charge is 0.325 e. The quantitative estimate of drug-likeness (QED) is 0.0694. The summed E-state index contributed by atoms with van der Waals surface area (Å²) in [5.41, 5.74) is -1.57. The molecule has 9 atom stereocenters. The number of aromatic hydroxyl groups is 4. The molecule has 15 rings (SSSR count). The average molecular weight is 1430 g/mol. The summed E-state index contributed by atoms with van der Waals surface area (Å²) in [4.78, 5) is 135. The number of hydrogen-bond donors (Lipinski definition) is 16. The van der Waals surface area contributed by atoms with Crippen LogP contribution in [0.4, 0.5) is 10.5 Å². The summed E-state index contributed by atoms with van der Waals surface area (Å²) < 4.78 is 17.7. The highest BCUT2D eigenvalue weighted by atomic mass is 35.5. The van der Waals surface area contributed by atoms with Gasteiger partial charge in [0.2, 0.25) is 53.0 Å². The van der Waals surface area contributed by atoms with Crippen LogP contribution in [0.25, 0.3) is 11.1 Å². The van der Waals surface area contributed by atoms with Crippen molar-refractivity contribution in [2.24, 2.45) is 29.6 Å². The molecule has 15 bridgehead atoms. The Morgan fingerprint density at radius 1 is 0.614 bits per heavy atom. The van der Waals surface area contributed by atoms with Gasteiger partial charge in [0.15, 0.2) is 11.5 Å². The Hall–Kier alpha value is -10.4. The fourth-order valence-electron chi connectivity index (χ4n) is 14.8. The molecule has 530 valence electrons. The number of aliphatic hydroxyl groups excluding tert-OH is 2. The predicted octanol–water partition coefficient (Wildman–Crippen LogP) is 6.12. The molecule has 0 saturated heterocycles. The lowest BCUT2D eigenvalue weighted by Gasteiger charge is -2.54. The summed E-state index contributed by atoms with van der Waals surface area (Å²) in [6, 6.07) is 5.90. The van der Waals surface area contributed by atoms with E-state index in [-0.39, 0.29) is 96.4 Å². The molecule has 9 aliphatic rings. The number of hydrogen-bond acceptors (Lipinski definition) is 19. The molecule has 0 spiro atoms. The van der Waals surface area contributed by atoms with E-state index >= 15 is 28.8 Å². The minimum absolute atomic E-state index is 0.0760. The number of halogens is 2. The van der Waals surface area contributed by atoms with E-state index in [1.165, 1.54) is 87.0 Å². The van der Waals surface area contributed by atoms with Crippen molar-refractivity contribution in [2.75, 3.05) is 19.5 Å². The van der Waals surface area contributed by atoms with Crippen LogP contribution in [-0.4, -0.2) is 128 Å². The minimum Gasteiger partial charge on any atom is -0.508 e. The first-order valence-corrected chi connectivity index (χ1v) is 33.6. The molecule has 30 heteroatoms. The lowest BCUT2D eigenvalue weighted by atomic mass is 9.54. The highest BCUT2D eigenvalue weighted by Crippen LogP contribution is 2.54. The molecule has 4 aliphatic carbocycles. The molecule has 0 aromatic heterocycles. The molecule has 6 aromatic carbocycles. The highest BCUT2D eigenvalue weighted by Gasteiger charge is 2.50. The van der Waals surface area contributed by atoms with Gasteiger partial charge in [0.25, 0.3) is 0 Å². The van der Waals surface area contributed by atoms with Crippen molar-refractivity contribution in [3.8, 4) is 62.9 Å². The first kappa shape index (κ1) is 70.5. The van der Waals surface area contributed by atoms with Crippen LogP contribution in [0.1, 0.15) is 117 Å². The normalized spacial score (nSPS) is 25.5. The molecule has 6 aromatic rings. The van der Waals surface area contributed by atoms with Gasteiger partial charge in [-0.2, -0.15) is 0 Å². The third-order valence-corrected chi connectivity index (χ3v) is 20.1. The van der Waals surface area contributed by atoms with Crippen molar-refractivity contribution in [3.05, 3.63) is 141 Å². The maximum atomic E-state index is 15.9. The largest absolute Gasteiger partial charge is 0.508 e. The molecule has 0 radical (unpaired) electrons. The summed E-state index contributed by atoms with van der Waals surface area (Å²) in [5.74, 6) is -12.1.